The van der Waals surface area contributed by atoms with E-state index in [1.165, 1.54) is 6.07 Å². The van der Waals surface area contributed by atoms with Crippen LogP contribution < -0.4 is 10.2 Å². The van der Waals surface area contributed by atoms with E-state index in [0.29, 0.717) is 26.2 Å². The number of nitro benzene ring substituents is 1. The Hall–Kier alpha value is -2.93. The zero-order valence-electron chi connectivity index (χ0n) is 14.1. The number of morpholine rings is 1. The van der Waals surface area contributed by atoms with Gasteiger partial charge in [0.25, 0.3) is 5.69 Å². The van der Waals surface area contributed by atoms with Gasteiger partial charge in [0.15, 0.2) is 0 Å². The maximum atomic E-state index is 12.9. The van der Waals surface area contributed by atoms with Gasteiger partial charge in [-0.2, -0.15) is 0 Å². The summed E-state index contributed by atoms with van der Waals surface area (Å²) in [7, 11) is 0. The molecule has 4 rings (SSSR count). The van der Waals surface area contributed by atoms with Crippen molar-refractivity contribution < 1.29 is 14.5 Å². The number of fused-ring (bicyclic) bond motifs is 3. The zero-order valence-corrected chi connectivity index (χ0v) is 14.1. The van der Waals surface area contributed by atoms with E-state index >= 15 is 0 Å². The molecule has 2 atom stereocenters. The summed E-state index contributed by atoms with van der Waals surface area (Å²) in [6, 6.07) is 14.1. The predicted octanol–water partition coefficient (Wildman–Crippen LogP) is 2.61. The van der Waals surface area contributed by atoms with Crippen molar-refractivity contribution in [3.05, 3.63) is 64.2 Å². The van der Waals surface area contributed by atoms with Crippen molar-refractivity contribution in [1.82, 2.24) is 0 Å². The Morgan fingerprint density at radius 2 is 2.04 bits per heavy atom. The molecule has 1 saturated heterocycles. The molecule has 2 aliphatic rings. The SMILES string of the molecule is O=C(Nc1ccccc1)C1Cc2cc([N+](=O)[O-])ccc2N2CCOCC12. The van der Waals surface area contributed by atoms with Gasteiger partial charge in [-0.3, -0.25) is 14.9 Å². The zero-order chi connectivity index (χ0) is 18.1. The topological polar surface area (TPSA) is 84.7 Å². The van der Waals surface area contributed by atoms with Crippen molar-refractivity contribution in [2.45, 2.75) is 12.5 Å². The number of carbonyl (C=O) groups excluding carboxylic acids is 1. The van der Waals surface area contributed by atoms with E-state index in [0.717, 1.165) is 16.9 Å². The molecular formula is C19H19N3O4. The molecule has 7 heteroatoms. The number of ether oxygens (including phenoxy) is 1. The van der Waals surface area contributed by atoms with Crippen LogP contribution in [0.25, 0.3) is 0 Å². The molecule has 0 aromatic heterocycles. The minimum Gasteiger partial charge on any atom is -0.377 e. The molecule has 7 nitrogen and oxygen atoms in total. The van der Waals surface area contributed by atoms with Crippen LogP contribution in [0.15, 0.2) is 48.5 Å². The summed E-state index contributed by atoms with van der Waals surface area (Å²) in [5.74, 6) is -0.418. The maximum Gasteiger partial charge on any atom is 0.269 e. The van der Waals surface area contributed by atoms with E-state index in [9.17, 15) is 14.9 Å². The lowest BCUT2D eigenvalue weighted by atomic mass is 9.84. The van der Waals surface area contributed by atoms with Crippen LogP contribution in [0, 0.1) is 16.0 Å². The first-order chi connectivity index (χ1) is 12.6. The van der Waals surface area contributed by atoms with E-state index in [1.807, 2.05) is 30.3 Å². The normalized spacial score (nSPS) is 21.5. The average Bonchev–Trinajstić information content (AvgIpc) is 2.67. The predicted molar refractivity (Wildman–Crippen MR) is 97.3 cm³/mol. The summed E-state index contributed by atoms with van der Waals surface area (Å²) in [6.07, 6.45) is 0.459. The number of hydrogen-bond donors (Lipinski definition) is 1. The summed E-state index contributed by atoms with van der Waals surface area (Å²) in [5, 5.41) is 14.1. The maximum absolute atomic E-state index is 12.9. The van der Waals surface area contributed by atoms with Gasteiger partial charge in [0.05, 0.1) is 30.1 Å². The van der Waals surface area contributed by atoms with Crippen LogP contribution in [0.4, 0.5) is 17.1 Å². The quantitative estimate of drug-likeness (QED) is 0.677. The molecule has 26 heavy (non-hydrogen) atoms. The van der Waals surface area contributed by atoms with Crippen molar-refractivity contribution in [2.24, 2.45) is 5.92 Å². The molecule has 2 heterocycles. The molecule has 1 fully saturated rings. The molecule has 0 bridgehead atoms. The second kappa shape index (κ2) is 6.76. The van der Waals surface area contributed by atoms with Gasteiger partial charge >= 0.3 is 0 Å². The third kappa shape index (κ3) is 3.01. The number of para-hydroxylation sites is 1. The molecule has 0 aliphatic carbocycles. The van der Waals surface area contributed by atoms with Crippen LogP contribution in [0.1, 0.15) is 5.56 Å². The van der Waals surface area contributed by atoms with Gasteiger partial charge in [0.2, 0.25) is 5.91 Å². The number of nitrogens with zero attached hydrogens (tertiary/aromatic N) is 2. The Bertz CT molecular complexity index is 840. The van der Waals surface area contributed by atoms with Crippen LogP contribution in [-0.2, 0) is 16.0 Å². The average molecular weight is 353 g/mol. The highest BCUT2D eigenvalue weighted by atomic mass is 16.6. The molecule has 1 N–H and O–H groups in total. The van der Waals surface area contributed by atoms with E-state index < -0.39 is 4.92 Å². The summed E-state index contributed by atoms with van der Waals surface area (Å²) in [5.41, 5.74) is 2.60. The third-order valence-electron chi connectivity index (χ3n) is 5.03. The van der Waals surface area contributed by atoms with Crippen LogP contribution >= 0.6 is 0 Å². The number of hydrogen-bond acceptors (Lipinski definition) is 5. The van der Waals surface area contributed by atoms with Crippen LogP contribution in [0.3, 0.4) is 0 Å². The smallest absolute Gasteiger partial charge is 0.269 e. The van der Waals surface area contributed by atoms with Gasteiger partial charge in [0, 0.05) is 30.1 Å². The molecule has 2 aromatic carbocycles. The third-order valence-corrected chi connectivity index (χ3v) is 5.03. The summed E-state index contributed by atoms with van der Waals surface area (Å²) >= 11 is 0. The number of anilines is 2. The largest absolute Gasteiger partial charge is 0.377 e. The summed E-state index contributed by atoms with van der Waals surface area (Å²) in [4.78, 5) is 25.8. The van der Waals surface area contributed by atoms with Crippen molar-refractivity contribution in [2.75, 3.05) is 30.0 Å². The number of rotatable bonds is 3. The Labute approximate surface area is 150 Å². The standard InChI is InChI=1S/C19H19N3O4/c23-19(20-14-4-2-1-3-5-14)16-11-13-10-15(22(24)25)6-7-17(13)21-8-9-26-12-18(16)21/h1-7,10,16,18H,8-9,11-12H2,(H,20,23). The number of benzene rings is 2. The van der Waals surface area contributed by atoms with Gasteiger partial charge in [-0.25, -0.2) is 0 Å². The second-order valence-corrected chi connectivity index (χ2v) is 6.57. The molecule has 2 aromatic rings. The lowest BCUT2D eigenvalue weighted by Crippen LogP contribution is -2.55. The Kier molecular flexibility index (Phi) is 4.30. The van der Waals surface area contributed by atoms with Crippen molar-refractivity contribution >= 4 is 23.0 Å². The molecule has 0 spiro atoms. The van der Waals surface area contributed by atoms with Crippen LogP contribution in [0.5, 0.6) is 0 Å². The fourth-order valence-electron chi connectivity index (χ4n) is 3.78. The minimum absolute atomic E-state index is 0.0534. The van der Waals surface area contributed by atoms with Crippen molar-refractivity contribution in [1.29, 1.82) is 0 Å². The monoisotopic (exact) mass is 353 g/mol. The molecule has 1 amide bonds. The molecule has 0 radical (unpaired) electrons. The Morgan fingerprint density at radius 3 is 2.81 bits per heavy atom. The highest BCUT2D eigenvalue weighted by Crippen LogP contribution is 2.37. The first-order valence-electron chi connectivity index (χ1n) is 8.61. The van der Waals surface area contributed by atoms with Gasteiger partial charge in [0.1, 0.15) is 0 Å². The summed E-state index contributed by atoms with van der Waals surface area (Å²) < 4.78 is 5.62. The van der Waals surface area contributed by atoms with Crippen LogP contribution in [-0.4, -0.2) is 36.6 Å². The number of nitro groups is 1. The fraction of sp³-hybridized carbons (Fsp3) is 0.316. The minimum atomic E-state index is -0.398. The first kappa shape index (κ1) is 16.5. The lowest BCUT2D eigenvalue weighted by molar-refractivity contribution is -0.384. The van der Waals surface area contributed by atoms with Gasteiger partial charge < -0.3 is 15.0 Å². The highest BCUT2D eigenvalue weighted by Gasteiger charge is 2.40. The number of non-ortho nitro benzene ring substituents is 1. The van der Waals surface area contributed by atoms with E-state index in [4.69, 9.17) is 4.74 Å². The molecule has 2 unspecified atom stereocenters. The Balaban J connectivity index is 1.65. The van der Waals surface area contributed by atoms with Gasteiger partial charge in [-0.1, -0.05) is 18.2 Å². The van der Waals surface area contributed by atoms with Crippen molar-refractivity contribution in [3.63, 3.8) is 0 Å². The van der Waals surface area contributed by atoms with E-state index in [1.54, 1.807) is 12.1 Å². The molecular weight excluding hydrogens is 334 g/mol. The van der Waals surface area contributed by atoms with E-state index in [-0.39, 0.29) is 23.6 Å². The molecule has 2 aliphatic heterocycles. The fourth-order valence-corrected chi connectivity index (χ4v) is 3.78. The molecule has 134 valence electrons. The van der Waals surface area contributed by atoms with Gasteiger partial charge in [-0.15, -0.1) is 0 Å². The Morgan fingerprint density at radius 1 is 1.23 bits per heavy atom. The molecule has 0 saturated carbocycles. The van der Waals surface area contributed by atoms with E-state index in [2.05, 4.69) is 10.2 Å². The number of amides is 1. The van der Waals surface area contributed by atoms with Crippen LogP contribution in [0.2, 0.25) is 0 Å². The first-order valence-corrected chi connectivity index (χ1v) is 8.61. The van der Waals surface area contributed by atoms with Gasteiger partial charge in [-0.05, 0) is 30.2 Å². The number of nitrogens with one attached hydrogen (secondary N) is 1. The lowest BCUT2D eigenvalue weighted by Gasteiger charge is -2.45. The summed E-state index contributed by atoms with van der Waals surface area (Å²) in [6.45, 7) is 1.73. The number of carbonyl (C=O) groups is 1. The second-order valence-electron chi connectivity index (χ2n) is 6.57. The highest BCUT2D eigenvalue weighted by molar-refractivity contribution is 5.94. The van der Waals surface area contributed by atoms with Crippen molar-refractivity contribution in [3.8, 4) is 0 Å².